The van der Waals surface area contributed by atoms with Gasteiger partial charge >= 0.3 is 11.9 Å². The van der Waals surface area contributed by atoms with Gasteiger partial charge in [0.1, 0.15) is 0 Å². The largest absolute Gasteiger partial charge is 0.473 e. The molecular weight excluding hydrogens is 92.0 g/mol. The third-order valence-corrected chi connectivity index (χ3v) is 0.183. The average Bonchev–Trinajstić information content (AvgIpc) is 1.36. The van der Waals surface area contributed by atoms with E-state index in [2.05, 4.69) is 0 Å². The summed E-state index contributed by atoms with van der Waals surface area (Å²) in [6, 6.07) is 0. The Morgan fingerprint density at radius 3 is 1.17 bits per heavy atom. The summed E-state index contributed by atoms with van der Waals surface area (Å²) in [5, 5.41) is 14.8. The molecule has 0 amide bonds. The Morgan fingerprint density at radius 1 is 1.00 bits per heavy atom. The summed E-state index contributed by atoms with van der Waals surface area (Å²) < 4.78 is 0. The van der Waals surface area contributed by atoms with Crippen LogP contribution in [-0.4, -0.2) is 22.2 Å². The summed E-state index contributed by atoms with van der Waals surface area (Å²) in [4.78, 5) is 18.2. The lowest BCUT2D eigenvalue weighted by atomic mass is 12.6. The molecule has 0 heterocycles. The van der Waals surface area contributed by atoms with Crippen molar-refractivity contribution in [1.82, 2.24) is 0 Å². The molecular formula is C2H2O4. The van der Waals surface area contributed by atoms with Crippen LogP contribution in [0.3, 0.4) is 0 Å². The van der Waals surface area contributed by atoms with E-state index in [-0.39, 0.29) is 0 Å². The van der Waals surface area contributed by atoms with Crippen molar-refractivity contribution in [3.8, 4) is 0 Å². The van der Waals surface area contributed by atoms with E-state index in [9.17, 15) is 0 Å². The molecule has 0 aliphatic rings. The van der Waals surface area contributed by atoms with Gasteiger partial charge in [-0.1, -0.05) is 0 Å². The number of carboxylic acids is 2. The summed E-state index contributed by atoms with van der Waals surface area (Å²) in [5.41, 5.74) is 0. The molecule has 0 spiro atoms. The number of rotatable bonds is 0. The highest BCUT2D eigenvalue weighted by molar-refractivity contribution is 6.27. The smallest absolute Gasteiger partial charge is 0.414 e. The topological polar surface area (TPSA) is 74.6 Å². The Labute approximate surface area is 33.0 Å². The molecule has 4 heteroatoms. The van der Waals surface area contributed by atoms with Crippen molar-refractivity contribution in [2.45, 2.75) is 0 Å². The highest BCUT2D eigenvalue weighted by Gasteiger charge is 2.04. The molecule has 6 heavy (non-hydrogen) atoms. The molecule has 0 aliphatic heterocycles. The van der Waals surface area contributed by atoms with Gasteiger partial charge in [0, 0.05) is 0 Å². The molecule has 0 atom stereocenters. The van der Waals surface area contributed by atoms with Crippen LogP contribution in [0.25, 0.3) is 0 Å². The van der Waals surface area contributed by atoms with E-state index in [0.717, 1.165) is 0 Å². The van der Waals surface area contributed by atoms with E-state index in [1.54, 1.807) is 0 Å². The fourth-order valence-corrected chi connectivity index (χ4v) is 0. The molecule has 0 rings (SSSR count). The maximum atomic E-state index is 9.10. The van der Waals surface area contributed by atoms with Crippen molar-refractivity contribution >= 4 is 11.9 Å². The number of hydrogen-bond donors (Lipinski definition) is 2. The lowest BCUT2D eigenvalue weighted by Crippen LogP contribution is -2.09. The predicted molar refractivity (Wildman–Crippen MR) is 15.3 cm³/mol. The summed E-state index contributed by atoms with van der Waals surface area (Å²) in [6.45, 7) is 0. The highest BCUT2D eigenvalue weighted by atomic mass is 16.8. The summed E-state index contributed by atoms with van der Waals surface area (Å²) in [6.07, 6.45) is 0. The van der Waals surface area contributed by atoms with Gasteiger partial charge in [-0.25, -0.2) is 9.59 Å². The molecule has 0 aromatic carbocycles. The van der Waals surface area contributed by atoms with E-state index in [0.29, 0.717) is 0 Å². The number of carbonyl (C=O) groups is 2. The highest BCUT2D eigenvalue weighted by Crippen LogP contribution is 1.56. The first-order valence-electron chi connectivity index (χ1n) is 1.11. The Kier molecular flexibility index (Phi) is 1.15. The lowest BCUT2D eigenvalue weighted by molar-refractivity contribution is -0.159. The molecule has 0 radical (unpaired) electrons. The average molecular weight is 94.0 g/mol. The maximum Gasteiger partial charge on any atom is 0.414 e. The Bertz CT molecular complexity index is 71.5. The first kappa shape index (κ1) is 4.94. The van der Waals surface area contributed by atoms with Crippen LogP contribution in [0, 0.1) is 0 Å². The van der Waals surface area contributed by atoms with Gasteiger partial charge in [-0.05, 0) is 0 Å². The van der Waals surface area contributed by atoms with Crippen LogP contribution >= 0.6 is 0 Å². The van der Waals surface area contributed by atoms with Gasteiger partial charge in [-0.2, -0.15) is 0 Å². The summed E-state index contributed by atoms with van der Waals surface area (Å²) in [7, 11) is 0. The van der Waals surface area contributed by atoms with Crippen LogP contribution in [-0.2, 0) is 9.59 Å². The zero-order chi connectivity index (χ0) is 5.15. The van der Waals surface area contributed by atoms with Gasteiger partial charge in [0.05, 0.1) is 0 Å². The van der Waals surface area contributed by atoms with Crippen LogP contribution in [0.5, 0.6) is 0 Å². The molecule has 2 N–H and O–H groups in total. The Morgan fingerprint density at radius 2 is 1.17 bits per heavy atom. The van der Waals surface area contributed by atoms with Gasteiger partial charge in [0.2, 0.25) is 0 Å². The van der Waals surface area contributed by atoms with Crippen molar-refractivity contribution < 1.29 is 19.8 Å². The van der Waals surface area contributed by atoms with E-state index in [4.69, 9.17) is 19.8 Å². The van der Waals surface area contributed by atoms with Crippen molar-refractivity contribution in [2.75, 3.05) is 0 Å². The molecule has 0 aromatic heterocycles. The van der Waals surface area contributed by atoms with Gasteiger partial charge in [-0.3, -0.25) is 0 Å². The number of carboxylic acid groups (broad SMARTS) is 2. The monoisotopic (exact) mass is 94.0 g/mol. The van der Waals surface area contributed by atoms with E-state index in [1.165, 1.54) is 0 Å². The maximum absolute atomic E-state index is 9.10. The normalized spacial score (nSPS) is 7.33. The minimum absolute atomic E-state index is 1.82. The van der Waals surface area contributed by atoms with Crippen molar-refractivity contribution in [3.63, 3.8) is 0 Å². The fraction of sp³-hybridized carbons (Fsp3) is 0. The zero-order valence-corrected chi connectivity index (χ0v) is 2.71. The Balaban J connectivity index is 3.57. The van der Waals surface area contributed by atoms with Crippen LogP contribution < -0.4 is 0 Å². The third-order valence-electron chi connectivity index (χ3n) is 0.183. The van der Waals surface area contributed by atoms with E-state index >= 15 is 0 Å². The van der Waals surface area contributed by atoms with Gasteiger partial charge in [-0.15, -0.1) is 0 Å². The fourth-order valence-electron chi connectivity index (χ4n) is 0. The van der Waals surface area contributed by atoms with Gasteiger partial charge in [0.25, 0.3) is 0 Å². The molecule has 4 nitrogen and oxygen atoms in total. The molecule has 0 bridgehead atoms. The molecule has 0 fully saturated rings. The first-order valence-corrected chi connectivity index (χ1v) is 1.11. The minimum Gasteiger partial charge on any atom is -0.473 e. The standard InChI is InChI=1S/C2H2O4/c3-1(4)2(5)6/h(H,3,4)(H,5,6)/i1+2,2+2. The molecule has 0 saturated carbocycles. The Hall–Kier alpha value is -1.06. The van der Waals surface area contributed by atoms with Gasteiger partial charge in [0.15, 0.2) is 0 Å². The quantitative estimate of drug-likeness (QED) is 0.383. The summed E-state index contributed by atoms with van der Waals surface area (Å²) in [5.74, 6) is -3.65. The van der Waals surface area contributed by atoms with Crippen LogP contribution in [0.2, 0.25) is 0 Å². The predicted octanol–water partition coefficient (Wildman–Crippen LogP) is -0.844. The van der Waals surface area contributed by atoms with E-state index in [1.807, 2.05) is 0 Å². The van der Waals surface area contributed by atoms with Crippen molar-refractivity contribution in [1.29, 1.82) is 0 Å². The SMILES string of the molecule is O=[14C](O)[14C](=O)O. The number of hydrogen-bond acceptors (Lipinski definition) is 2. The molecule has 0 aromatic rings. The third kappa shape index (κ3) is 1.28. The molecule has 0 saturated heterocycles. The molecule has 34 valence electrons. The van der Waals surface area contributed by atoms with Crippen molar-refractivity contribution in [2.24, 2.45) is 0 Å². The van der Waals surface area contributed by atoms with Crippen LogP contribution in [0.15, 0.2) is 0 Å². The zero-order valence-electron chi connectivity index (χ0n) is 2.71. The number of aliphatic carboxylic acids is 2. The van der Waals surface area contributed by atoms with Crippen LogP contribution in [0.4, 0.5) is 0 Å². The summed E-state index contributed by atoms with van der Waals surface area (Å²) >= 11 is 0. The lowest BCUT2D eigenvalue weighted by Gasteiger charge is -1.72. The second-order valence-electron chi connectivity index (χ2n) is 0.610. The van der Waals surface area contributed by atoms with Crippen LogP contribution in [0.1, 0.15) is 0 Å². The van der Waals surface area contributed by atoms with Crippen molar-refractivity contribution in [3.05, 3.63) is 0 Å². The van der Waals surface area contributed by atoms with Gasteiger partial charge < -0.3 is 10.2 Å². The first-order chi connectivity index (χ1) is 2.64. The minimum atomic E-state index is -1.82. The second-order valence-corrected chi connectivity index (χ2v) is 0.610. The molecule has 0 unspecified atom stereocenters. The molecule has 0 aliphatic carbocycles. The second kappa shape index (κ2) is 1.40. The van der Waals surface area contributed by atoms with E-state index < -0.39 is 11.9 Å².